The maximum absolute atomic E-state index is 13.8. The number of nitrogens with zero attached hydrogens (tertiary/aromatic N) is 4. The molecule has 4 rings (SSSR count). The first-order valence-electron chi connectivity index (χ1n) is 9.52. The molecule has 7 heteroatoms. The van der Waals surface area contributed by atoms with Crippen LogP contribution in [0.2, 0.25) is 0 Å². The van der Waals surface area contributed by atoms with E-state index in [-0.39, 0.29) is 23.4 Å². The van der Waals surface area contributed by atoms with E-state index in [1.54, 1.807) is 12.3 Å². The minimum absolute atomic E-state index is 0.0614. The number of urea groups is 1. The van der Waals surface area contributed by atoms with E-state index in [1.807, 2.05) is 11.9 Å². The predicted octanol–water partition coefficient (Wildman–Crippen LogP) is 2.10. The summed E-state index contributed by atoms with van der Waals surface area (Å²) >= 11 is 0. The van der Waals surface area contributed by atoms with Gasteiger partial charge < -0.3 is 14.5 Å². The van der Waals surface area contributed by atoms with Crippen LogP contribution in [0, 0.1) is 5.82 Å². The average Bonchev–Trinajstić information content (AvgIpc) is 2.88. The first-order chi connectivity index (χ1) is 12.6. The van der Waals surface area contributed by atoms with Crippen molar-refractivity contribution in [2.75, 3.05) is 39.9 Å². The predicted molar refractivity (Wildman–Crippen MR) is 95.1 cm³/mol. The molecule has 1 aromatic rings. The van der Waals surface area contributed by atoms with Crippen molar-refractivity contribution in [3.8, 4) is 0 Å². The van der Waals surface area contributed by atoms with Crippen molar-refractivity contribution in [3.63, 3.8) is 0 Å². The van der Waals surface area contributed by atoms with Crippen molar-refractivity contribution in [3.05, 3.63) is 29.8 Å². The second-order valence-electron chi connectivity index (χ2n) is 7.82. The van der Waals surface area contributed by atoms with Gasteiger partial charge >= 0.3 is 6.03 Å². The van der Waals surface area contributed by atoms with Crippen molar-refractivity contribution >= 4 is 6.03 Å². The highest BCUT2D eigenvalue weighted by atomic mass is 19.1. The van der Waals surface area contributed by atoms with Gasteiger partial charge in [-0.3, -0.25) is 9.88 Å². The number of aromatic nitrogens is 1. The average molecular weight is 362 g/mol. The van der Waals surface area contributed by atoms with Gasteiger partial charge in [-0.2, -0.15) is 0 Å². The van der Waals surface area contributed by atoms with E-state index in [4.69, 9.17) is 4.74 Å². The van der Waals surface area contributed by atoms with Crippen LogP contribution in [0.5, 0.6) is 0 Å². The van der Waals surface area contributed by atoms with E-state index in [1.165, 1.54) is 6.20 Å². The maximum atomic E-state index is 13.8. The molecule has 26 heavy (non-hydrogen) atoms. The summed E-state index contributed by atoms with van der Waals surface area (Å²) < 4.78 is 19.4. The molecule has 6 nitrogen and oxygen atoms in total. The molecule has 3 aliphatic heterocycles. The van der Waals surface area contributed by atoms with Crippen LogP contribution in [-0.2, 0) is 11.3 Å². The zero-order valence-corrected chi connectivity index (χ0v) is 15.4. The van der Waals surface area contributed by atoms with Crippen LogP contribution < -0.4 is 0 Å². The van der Waals surface area contributed by atoms with Crippen molar-refractivity contribution < 1.29 is 13.9 Å². The smallest absolute Gasteiger partial charge is 0.320 e. The third kappa shape index (κ3) is 3.18. The van der Waals surface area contributed by atoms with Gasteiger partial charge in [0.05, 0.1) is 11.7 Å². The Morgan fingerprint density at radius 2 is 2.04 bits per heavy atom. The summed E-state index contributed by atoms with van der Waals surface area (Å²) in [4.78, 5) is 23.0. The van der Waals surface area contributed by atoms with Gasteiger partial charge in [-0.1, -0.05) is 0 Å². The summed E-state index contributed by atoms with van der Waals surface area (Å²) in [5.74, 6) is -0.243. The molecule has 0 radical (unpaired) electrons. The molecule has 3 fully saturated rings. The number of amides is 2. The molecule has 142 valence electrons. The number of hydrogen-bond acceptors (Lipinski definition) is 4. The van der Waals surface area contributed by atoms with Crippen molar-refractivity contribution in [1.29, 1.82) is 0 Å². The van der Waals surface area contributed by atoms with Gasteiger partial charge in [0.15, 0.2) is 0 Å². The number of rotatable bonds is 3. The molecule has 0 atom stereocenters. The van der Waals surface area contributed by atoms with Crippen LogP contribution in [-0.4, -0.2) is 77.2 Å². The highest BCUT2D eigenvalue weighted by molar-refractivity contribution is 5.78. The molecule has 0 saturated carbocycles. The Hall–Kier alpha value is -1.73. The number of likely N-dealkylation sites (tertiary alicyclic amines) is 1. The van der Waals surface area contributed by atoms with Gasteiger partial charge in [0, 0.05) is 64.2 Å². The molecular weight excluding hydrogens is 335 g/mol. The third-order valence-corrected chi connectivity index (χ3v) is 6.17. The SMILES string of the molecule is CN1CC2(CCOCC2)N(C2CCN(Cc3ccncc3F)CC2)C1=O. The number of likely N-dealkylation sites (N-methyl/N-ethyl adjacent to an activating group) is 1. The summed E-state index contributed by atoms with van der Waals surface area (Å²) in [7, 11) is 1.90. The summed E-state index contributed by atoms with van der Waals surface area (Å²) in [6.07, 6.45) is 6.63. The Bertz CT molecular complexity index is 657. The molecule has 2 amide bonds. The lowest BCUT2D eigenvalue weighted by Crippen LogP contribution is -2.57. The minimum Gasteiger partial charge on any atom is -0.381 e. The van der Waals surface area contributed by atoms with Crippen LogP contribution in [0.25, 0.3) is 0 Å². The zero-order valence-electron chi connectivity index (χ0n) is 15.4. The van der Waals surface area contributed by atoms with Crippen LogP contribution in [0.4, 0.5) is 9.18 Å². The highest BCUT2D eigenvalue weighted by Crippen LogP contribution is 2.38. The molecule has 3 aliphatic rings. The molecule has 4 heterocycles. The lowest BCUT2D eigenvalue weighted by atomic mass is 9.86. The minimum atomic E-state index is -0.243. The number of hydrogen-bond donors (Lipinski definition) is 0. The van der Waals surface area contributed by atoms with E-state index in [0.29, 0.717) is 12.1 Å². The molecule has 0 unspecified atom stereocenters. The van der Waals surface area contributed by atoms with Gasteiger partial charge in [0.1, 0.15) is 5.82 Å². The molecular formula is C19H27FN4O2. The molecule has 0 aliphatic carbocycles. The van der Waals surface area contributed by atoms with Crippen LogP contribution in [0.15, 0.2) is 18.5 Å². The largest absolute Gasteiger partial charge is 0.381 e. The zero-order chi connectivity index (χ0) is 18.1. The standard InChI is InChI=1S/C19H27FN4O2/c1-22-14-19(5-10-26-11-6-19)24(18(22)25)16-3-8-23(9-4-16)13-15-2-7-21-12-17(15)20/h2,7,12,16H,3-6,8-11,13-14H2,1H3. The molecule has 1 spiro atoms. The number of carbonyl (C=O) groups is 1. The fraction of sp³-hybridized carbons (Fsp3) is 0.684. The van der Waals surface area contributed by atoms with Gasteiger partial charge in [-0.15, -0.1) is 0 Å². The Balaban J connectivity index is 1.42. The first-order valence-corrected chi connectivity index (χ1v) is 9.52. The van der Waals surface area contributed by atoms with Gasteiger partial charge in [0.25, 0.3) is 0 Å². The molecule has 1 aromatic heterocycles. The Morgan fingerprint density at radius 1 is 1.31 bits per heavy atom. The summed E-state index contributed by atoms with van der Waals surface area (Å²) in [5.41, 5.74) is 0.630. The molecule has 0 N–H and O–H groups in total. The van der Waals surface area contributed by atoms with E-state index in [9.17, 15) is 9.18 Å². The topological polar surface area (TPSA) is 48.9 Å². The summed E-state index contributed by atoms with van der Waals surface area (Å²) in [5, 5.41) is 0. The number of ether oxygens (including phenoxy) is 1. The second kappa shape index (κ2) is 7.12. The number of pyridine rings is 1. The molecule has 0 aromatic carbocycles. The summed E-state index contributed by atoms with van der Waals surface area (Å²) in [6.45, 7) is 4.64. The maximum Gasteiger partial charge on any atom is 0.320 e. The van der Waals surface area contributed by atoms with Gasteiger partial charge in [-0.25, -0.2) is 9.18 Å². The van der Waals surface area contributed by atoms with E-state index < -0.39 is 0 Å². The Kier molecular flexibility index (Phi) is 4.84. The van der Waals surface area contributed by atoms with Gasteiger partial charge in [0.2, 0.25) is 0 Å². The van der Waals surface area contributed by atoms with Crippen LogP contribution in [0.3, 0.4) is 0 Å². The second-order valence-corrected chi connectivity index (χ2v) is 7.82. The van der Waals surface area contributed by atoms with Gasteiger partial charge in [-0.05, 0) is 31.7 Å². The molecule has 0 bridgehead atoms. The van der Waals surface area contributed by atoms with Crippen molar-refractivity contribution in [1.82, 2.24) is 19.7 Å². The van der Waals surface area contributed by atoms with Crippen LogP contribution >= 0.6 is 0 Å². The first kappa shape index (κ1) is 17.7. The quantitative estimate of drug-likeness (QED) is 0.826. The fourth-order valence-corrected chi connectivity index (χ4v) is 4.77. The highest BCUT2D eigenvalue weighted by Gasteiger charge is 2.51. The van der Waals surface area contributed by atoms with Crippen molar-refractivity contribution in [2.45, 2.75) is 43.8 Å². The lowest BCUT2D eigenvalue weighted by Gasteiger charge is -2.46. The summed E-state index contributed by atoms with van der Waals surface area (Å²) in [6, 6.07) is 2.17. The lowest BCUT2D eigenvalue weighted by molar-refractivity contribution is -0.0165. The Morgan fingerprint density at radius 3 is 2.73 bits per heavy atom. The molecule has 3 saturated heterocycles. The fourth-order valence-electron chi connectivity index (χ4n) is 4.77. The van der Waals surface area contributed by atoms with E-state index >= 15 is 0 Å². The Labute approximate surface area is 153 Å². The number of carbonyl (C=O) groups excluding carboxylic acids is 1. The van der Waals surface area contributed by atoms with E-state index in [0.717, 1.165) is 58.5 Å². The monoisotopic (exact) mass is 362 g/mol. The number of halogens is 1. The van der Waals surface area contributed by atoms with E-state index in [2.05, 4.69) is 14.8 Å². The van der Waals surface area contributed by atoms with Crippen LogP contribution in [0.1, 0.15) is 31.2 Å². The normalized spacial score (nSPS) is 24.6. The number of piperidine rings is 1. The third-order valence-electron chi connectivity index (χ3n) is 6.17. The van der Waals surface area contributed by atoms with Crippen molar-refractivity contribution in [2.24, 2.45) is 0 Å².